The first kappa shape index (κ1) is 16.6. The van der Waals surface area contributed by atoms with Crippen molar-refractivity contribution < 1.29 is 9.21 Å². The number of fused-ring (bicyclic) bond motifs is 1. The van der Waals surface area contributed by atoms with Gasteiger partial charge in [0.15, 0.2) is 5.76 Å². The van der Waals surface area contributed by atoms with Crippen LogP contribution in [0.1, 0.15) is 34.3 Å². The van der Waals surface area contributed by atoms with Crippen LogP contribution in [0, 0.1) is 0 Å². The summed E-state index contributed by atoms with van der Waals surface area (Å²) in [5, 5.41) is 7.41. The number of nitrogens with one attached hydrogen (secondary N) is 1. The number of amides is 1. The lowest BCUT2D eigenvalue weighted by molar-refractivity contribution is 0.0919. The lowest BCUT2D eigenvalue weighted by atomic mass is 10.1. The second-order valence-electron chi connectivity index (χ2n) is 6.60. The standard InChI is InChI=1S/C20H22N4O2/c25-20(19-7-4-12-26-19)21-10-8-17-14-23(13-16-5-2-1-3-6-16)15-18-9-11-22-24(17)18/h1-7,9,11-12,17H,8,10,13-15H2,(H,21,25)/t17-/m0/s1. The molecule has 6 heteroatoms. The van der Waals surface area contributed by atoms with Crippen molar-refractivity contribution in [1.82, 2.24) is 20.0 Å². The molecule has 1 aromatic carbocycles. The van der Waals surface area contributed by atoms with Crippen LogP contribution in [0.3, 0.4) is 0 Å². The molecule has 1 atom stereocenters. The summed E-state index contributed by atoms with van der Waals surface area (Å²) in [6, 6.07) is 16.2. The van der Waals surface area contributed by atoms with E-state index in [1.165, 1.54) is 17.5 Å². The molecule has 0 saturated heterocycles. The zero-order valence-corrected chi connectivity index (χ0v) is 14.5. The summed E-state index contributed by atoms with van der Waals surface area (Å²) in [5.41, 5.74) is 2.53. The second-order valence-corrected chi connectivity index (χ2v) is 6.60. The van der Waals surface area contributed by atoms with E-state index in [1.807, 2.05) is 12.3 Å². The predicted octanol–water partition coefficient (Wildman–Crippen LogP) is 2.85. The Morgan fingerprint density at radius 3 is 2.88 bits per heavy atom. The fourth-order valence-electron chi connectivity index (χ4n) is 3.49. The number of carbonyl (C=O) groups is 1. The molecule has 26 heavy (non-hydrogen) atoms. The van der Waals surface area contributed by atoms with Crippen LogP contribution in [0.4, 0.5) is 0 Å². The summed E-state index contributed by atoms with van der Waals surface area (Å²) >= 11 is 0. The normalized spacial score (nSPS) is 17.0. The monoisotopic (exact) mass is 350 g/mol. The molecule has 0 aliphatic carbocycles. The second kappa shape index (κ2) is 7.58. The molecule has 134 valence electrons. The predicted molar refractivity (Wildman–Crippen MR) is 97.5 cm³/mol. The van der Waals surface area contributed by atoms with Crippen LogP contribution in [0.2, 0.25) is 0 Å². The van der Waals surface area contributed by atoms with Gasteiger partial charge in [-0.3, -0.25) is 14.4 Å². The Hall–Kier alpha value is -2.86. The largest absolute Gasteiger partial charge is 0.459 e. The van der Waals surface area contributed by atoms with Crippen molar-refractivity contribution in [2.75, 3.05) is 13.1 Å². The maximum Gasteiger partial charge on any atom is 0.286 e. The lowest BCUT2D eigenvalue weighted by Gasteiger charge is -2.34. The first-order valence-electron chi connectivity index (χ1n) is 8.90. The van der Waals surface area contributed by atoms with Crippen LogP contribution in [0.15, 0.2) is 65.4 Å². The number of hydrogen-bond donors (Lipinski definition) is 1. The van der Waals surface area contributed by atoms with Crippen molar-refractivity contribution in [3.63, 3.8) is 0 Å². The van der Waals surface area contributed by atoms with Crippen molar-refractivity contribution in [2.24, 2.45) is 0 Å². The van der Waals surface area contributed by atoms with Gasteiger partial charge in [-0.2, -0.15) is 5.10 Å². The third kappa shape index (κ3) is 3.70. The van der Waals surface area contributed by atoms with Gasteiger partial charge in [-0.25, -0.2) is 0 Å². The fraction of sp³-hybridized carbons (Fsp3) is 0.300. The zero-order valence-electron chi connectivity index (χ0n) is 14.5. The molecular weight excluding hydrogens is 328 g/mol. The highest BCUT2D eigenvalue weighted by molar-refractivity contribution is 5.91. The van der Waals surface area contributed by atoms with Crippen LogP contribution in [0.25, 0.3) is 0 Å². The van der Waals surface area contributed by atoms with Gasteiger partial charge >= 0.3 is 0 Å². The van der Waals surface area contributed by atoms with Gasteiger partial charge < -0.3 is 9.73 Å². The molecule has 4 rings (SSSR count). The minimum Gasteiger partial charge on any atom is -0.459 e. The van der Waals surface area contributed by atoms with E-state index in [2.05, 4.69) is 50.3 Å². The Bertz CT molecular complexity index is 842. The molecule has 2 aromatic heterocycles. The highest BCUT2D eigenvalue weighted by atomic mass is 16.3. The van der Waals surface area contributed by atoms with Crippen LogP contribution < -0.4 is 5.32 Å². The van der Waals surface area contributed by atoms with Crippen molar-refractivity contribution in [3.05, 3.63) is 78.0 Å². The zero-order chi connectivity index (χ0) is 17.8. The SMILES string of the molecule is O=C(NCC[C@H]1CN(Cc2ccccc2)Cc2ccnn21)c1ccco1. The molecule has 3 aromatic rings. The highest BCUT2D eigenvalue weighted by Gasteiger charge is 2.25. The maximum absolute atomic E-state index is 12.0. The van der Waals surface area contributed by atoms with E-state index < -0.39 is 0 Å². The maximum atomic E-state index is 12.0. The van der Waals surface area contributed by atoms with Crippen molar-refractivity contribution in [2.45, 2.75) is 25.6 Å². The van der Waals surface area contributed by atoms with Gasteiger partial charge in [0, 0.05) is 32.4 Å². The van der Waals surface area contributed by atoms with Gasteiger partial charge in [-0.1, -0.05) is 30.3 Å². The number of nitrogens with zero attached hydrogens (tertiary/aromatic N) is 3. The molecule has 1 aliphatic rings. The Balaban J connectivity index is 1.38. The van der Waals surface area contributed by atoms with Gasteiger partial charge in [-0.15, -0.1) is 0 Å². The molecule has 0 saturated carbocycles. The smallest absolute Gasteiger partial charge is 0.286 e. The van der Waals surface area contributed by atoms with Crippen LogP contribution in [-0.4, -0.2) is 33.7 Å². The average molecular weight is 350 g/mol. The number of rotatable bonds is 6. The molecule has 1 aliphatic heterocycles. The minimum absolute atomic E-state index is 0.173. The summed E-state index contributed by atoms with van der Waals surface area (Å²) in [6.45, 7) is 3.31. The van der Waals surface area contributed by atoms with Crippen LogP contribution in [-0.2, 0) is 13.1 Å². The van der Waals surface area contributed by atoms with E-state index in [9.17, 15) is 4.79 Å². The number of furan rings is 1. The summed E-state index contributed by atoms with van der Waals surface area (Å²) in [7, 11) is 0. The summed E-state index contributed by atoms with van der Waals surface area (Å²) in [6.07, 6.45) is 4.19. The Morgan fingerprint density at radius 1 is 1.19 bits per heavy atom. The van der Waals surface area contributed by atoms with E-state index >= 15 is 0 Å². The first-order chi connectivity index (χ1) is 12.8. The van der Waals surface area contributed by atoms with Crippen molar-refractivity contribution in [1.29, 1.82) is 0 Å². The number of hydrogen-bond acceptors (Lipinski definition) is 4. The van der Waals surface area contributed by atoms with Gasteiger partial charge in [-0.05, 0) is 30.2 Å². The Labute approximate surface area is 152 Å². The molecule has 0 unspecified atom stereocenters. The summed E-state index contributed by atoms with van der Waals surface area (Å²) in [4.78, 5) is 14.4. The molecule has 1 amide bonds. The molecule has 3 heterocycles. The van der Waals surface area contributed by atoms with Crippen molar-refractivity contribution >= 4 is 5.91 Å². The average Bonchev–Trinajstić information content (AvgIpc) is 3.34. The topological polar surface area (TPSA) is 63.3 Å². The first-order valence-corrected chi connectivity index (χ1v) is 8.90. The third-order valence-electron chi connectivity index (χ3n) is 4.71. The van der Waals surface area contributed by atoms with Gasteiger partial charge in [0.25, 0.3) is 5.91 Å². The number of carbonyl (C=O) groups excluding carboxylic acids is 1. The Morgan fingerprint density at radius 2 is 2.08 bits per heavy atom. The van der Waals surface area contributed by atoms with Gasteiger partial charge in [0.1, 0.15) is 0 Å². The van der Waals surface area contributed by atoms with Crippen LogP contribution >= 0.6 is 0 Å². The number of aromatic nitrogens is 2. The molecule has 0 spiro atoms. The molecule has 0 bridgehead atoms. The van der Waals surface area contributed by atoms with Gasteiger partial charge in [0.05, 0.1) is 18.0 Å². The van der Waals surface area contributed by atoms with E-state index in [4.69, 9.17) is 4.42 Å². The van der Waals surface area contributed by atoms with Crippen LogP contribution in [0.5, 0.6) is 0 Å². The summed E-state index contributed by atoms with van der Waals surface area (Å²) < 4.78 is 7.23. The summed E-state index contributed by atoms with van der Waals surface area (Å²) in [5.74, 6) is 0.173. The molecule has 6 nitrogen and oxygen atoms in total. The molecule has 0 radical (unpaired) electrons. The van der Waals surface area contributed by atoms with E-state index in [-0.39, 0.29) is 11.9 Å². The van der Waals surface area contributed by atoms with E-state index in [0.29, 0.717) is 12.3 Å². The third-order valence-corrected chi connectivity index (χ3v) is 4.71. The van der Waals surface area contributed by atoms with E-state index in [1.54, 1.807) is 12.1 Å². The van der Waals surface area contributed by atoms with Crippen molar-refractivity contribution in [3.8, 4) is 0 Å². The Kier molecular flexibility index (Phi) is 4.84. The van der Waals surface area contributed by atoms with E-state index in [0.717, 1.165) is 26.1 Å². The van der Waals surface area contributed by atoms with Gasteiger partial charge in [0.2, 0.25) is 0 Å². The number of benzene rings is 1. The highest BCUT2D eigenvalue weighted by Crippen LogP contribution is 2.24. The quantitative estimate of drug-likeness (QED) is 0.742. The molecule has 1 N–H and O–H groups in total. The molecule has 0 fully saturated rings. The minimum atomic E-state index is -0.173. The lowest BCUT2D eigenvalue weighted by Crippen LogP contribution is -2.38. The fourth-order valence-corrected chi connectivity index (χ4v) is 3.49. The molecular formula is C20H22N4O2.